The molecule has 3 N–H and O–H groups in total. The predicted octanol–water partition coefficient (Wildman–Crippen LogP) is 2.34. The molecule has 4 nitrogen and oxygen atoms in total. The third kappa shape index (κ3) is 1.68. The van der Waals surface area contributed by atoms with Gasteiger partial charge in [0.2, 0.25) is 0 Å². The maximum atomic E-state index is 13.6. The molecule has 0 atom stereocenters. The highest BCUT2D eigenvalue weighted by Crippen LogP contribution is 2.30. The predicted molar refractivity (Wildman–Crippen MR) is 58.5 cm³/mol. The molecule has 0 fully saturated rings. The highest BCUT2D eigenvalue weighted by molar-refractivity contribution is 6.09. The van der Waals surface area contributed by atoms with Crippen molar-refractivity contribution in [2.45, 2.75) is 6.92 Å². The number of nitrogens with two attached hydrogens (primary N) is 1. The molecule has 0 saturated carbocycles. The number of aromatic nitrogens is 1. The third-order valence-corrected chi connectivity index (χ3v) is 2.43. The first-order valence-corrected chi connectivity index (χ1v) is 5.09. The number of carbonyl (C=O) groups is 1. The van der Waals surface area contributed by atoms with Crippen LogP contribution in [-0.4, -0.2) is 17.6 Å². The first-order chi connectivity index (χ1) is 8.47. The molecule has 1 aromatic heterocycles. The number of fused-ring (bicyclic) bond motifs is 1. The Hall–Kier alpha value is -2.18. The summed E-state index contributed by atoms with van der Waals surface area (Å²) in [5, 5.41) is -0.412. The van der Waals surface area contributed by atoms with Crippen molar-refractivity contribution in [3.05, 3.63) is 29.1 Å². The van der Waals surface area contributed by atoms with Crippen LogP contribution in [0, 0.1) is 17.5 Å². The van der Waals surface area contributed by atoms with Gasteiger partial charge in [-0.3, -0.25) is 0 Å². The number of hydrogen-bond donors (Lipinski definition) is 2. The molecule has 0 spiro atoms. The summed E-state index contributed by atoms with van der Waals surface area (Å²) in [5.41, 5.74) is 5.05. The number of aromatic amines is 1. The SMILES string of the molecule is CCOC(=O)c1c(N)[nH]c2cc(F)c(F)c(F)c12. The number of carbonyl (C=O) groups excluding carboxylic acids is 1. The number of rotatable bonds is 2. The largest absolute Gasteiger partial charge is 0.462 e. The van der Waals surface area contributed by atoms with E-state index in [4.69, 9.17) is 5.73 Å². The summed E-state index contributed by atoms with van der Waals surface area (Å²) < 4.78 is 44.5. The van der Waals surface area contributed by atoms with Crippen molar-refractivity contribution < 1.29 is 22.7 Å². The van der Waals surface area contributed by atoms with Crippen LogP contribution in [0.15, 0.2) is 6.07 Å². The van der Waals surface area contributed by atoms with Gasteiger partial charge in [0.1, 0.15) is 11.4 Å². The molecule has 0 unspecified atom stereocenters. The normalized spacial score (nSPS) is 10.9. The zero-order valence-corrected chi connectivity index (χ0v) is 9.31. The maximum Gasteiger partial charge on any atom is 0.342 e. The van der Waals surface area contributed by atoms with Crippen LogP contribution < -0.4 is 5.73 Å². The Kier molecular flexibility index (Phi) is 2.90. The number of hydrogen-bond acceptors (Lipinski definition) is 3. The summed E-state index contributed by atoms with van der Waals surface area (Å²) in [6.07, 6.45) is 0. The lowest BCUT2D eigenvalue weighted by Crippen LogP contribution is -2.07. The Labute approximate surface area is 99.5 Å². The van der Waals surface area contributed by atoms with Crippen molar-refractivity contribution in [1.82, 2.24) is 4.98 Å². The van der Waals surface area contributed by atoms with E-state index in [1.165, 1.54) is 0 Å². The van der Waals surface area contributed by atoms with Crippen molar-refractivity contribution in [3.63, 3.8) is 0 Å². The van der Waals surface area contributed by atoms with E-state index in [2.05, 4.69) is 9.72 Å². The second-order valence-corrected chi connectivity index (χ2v) is 3.54. The number of nitrogen functional groups attached to an aromatic ring is 1. The molecule has 2 rings (SSSR count). The minimum Gasteiger partial charge on any atom is -0.462 e. The lowest BCUT2D eigenvalue weighted by atomic mass is 10.1. The summed E-state index contributed by atoms with van der Waals surface area (Å²) >= 11 is 0. The van der Waals surface area contributed by atoms with Gasteiger partial charge in [0.15, 0.2) is 17.5 Å². The molecule has 0 aliphatic carbocycles. The fourth-order valence-electron chi connectivity index (χ4n) is 1.70. The Morgan fingerprint density at radius 1 is 1.39 bits per heavy atom. The number of esters is 1. The molecule has 7 heteroatoms. The first kappa shape index (κ1) is 12.3. The average molecular weight is 258 g/mol. The van der Waals surface area contributed by atoms with E-state index in [1.54, 1.807) is 6.92 Å². The minimum atomic E-state index is -1.66. The molecule has 0 radical (unpaired) electrons. The minimum absolute atomic E-state index is 0.0518. The van der Waals surface area contributed by atoms with Gasteiger partial charge >= 0.3 is 5.97 Å². The van der Waals surface area contributed by atoms with E-state index < -0.39 is 28.8 Å². The number of H-pyrrole nitrogens is 1. The van der Waals surface area contributed by atoms with E-state index in [-0.39, 0.29) is 23.5 Å². The lowest BCUT2D eigenvalue weighted by molar-refractivity contribution is 0.0529. The highest BCUT2D eigenvalue weighted by atomic mass is 19.2. The van der Waals surface area contributed by atoms with E-state index in [0.29, 0.717) is 0 Å². The second kappa shape index (κ2) is 4.25. The smallest absolute Gasteiger partial charge is 0.342 e. The molecular formula is C11H9F3N2O2. The van der Waals surface area contributed by atoms with Crippen LogP contribution in [0.2, 0.25) is 0 Å². The molecule has 0 aliphatic heterocycles. The zero-order valence-electron chi connectivity index (χ0n) is 9.31. The van der Waals surface area contributed by atoms with Crippen LogP contribution in [0.25, 0.3) is 10.9 Å². The Morgan fingerprint density at radius 2 is 2.06 bits per heavy atom. The van der Waals surface area contributed by atoms with E-state index >= 15 is 0 Å². The summed E-state index contributed by atoms with van der Waals surface area (Å²) in [6.45, 7) is 1.61. The van der Waals surface area contributed by atoms with Crippen molar-refractivity contribution in [2.75, 3.05) is 12.3 Å². The van der Waals surface area contributed by atoms with Crippen LogP contribution in [0.1, 0.15) is 17.3 Å². The first-order valence-electron chi connectivity index (χ1n) is 5.09. The Balaban J connectivity index is 2.78. The van der Waals surface area contributed by atoms with E-state index in [0.717, 1.165) is 6.07 Å². The quantitative estimate of drug-likeness (QED) is 0.641. The van der Waals surface area contributed by atoms with Crippen molar-refractivity contribution in [1.29, 1.82) is 0 Å². The summed E-state index contributed by atoms with van der Waals surface area (Å²) in [7, 11) is 0. The van der Waals surface area contributed by atoms with Crippen LogP contribution in [0.4, 0.5) is 19.0 Å². The van der Waals surface area contributed by atoms with Gasteiger partial charge in [-0.15, -0.1) is 0 Å². The molecular weight excluding hydrogens is 249 g/mol. The Morgan fingerprint density at radius 3 is 2.67 bits per heavy atom. The summed E-state index contributed by atoms with van der Waals surface area (Å²) in [6, 6.07) is 0.729. The van der Waals surface area contributed by atoms with Crippen LogP contribution in [0.5, 0.6) is 0 Å². The Bertz CT molecular complexity index is 637. The molecule has 96 valence electrons. The molecule has 1 aromatic carbocycles. The van der Waals surface area contributed by atoms with Gasteiger partial charge < -0.3 is 15.5 Å². The van der Waals surface area contributed by atoms with Crippen LogP contribution >= 0.6 is 0 Å². The number of ether oxygens (including phenoxy) is 1. The fraction of sp³-hybridized carbons (Fsp3) is 0.182. The van der Waals surface area contributed by atoms with Crippen molar-refractivity contribution in [3.8, 4) is 0 Å². The topological polar surface area (TPSA) is 68.1 Å². The van der Waals surface area contributed by atoms with Gasteiger partial charge in [-0.1, -0.05) is 0 Å². The fourth-order valence-corrected chi connectivity index (χ4v) is 1.70. The molecule has 1 heterocycles. The lowest BCUT2D eigenvalue weighted by Gasteiger charge is -2.02. The zero-order chi connectivity index (χ0) is 13.4. The third-order valence-electron chi connectivity index (χ3n) is 2.43. The standard InChI is InChI=1S/C11H9F3N2O2/c1-2-18-11(17)7-6-5(16-10(7)15)3-4(12)8(13)9(6)14/h3,16H,2,15H2,1H3. The van der Waals surface area contributed by atoms with Gasteiger partial charge in [-0.2, -0.15) is 0 Å². The van der Waals surface area contributed by atoms with Gasteiger partial charge in [0, 0.05) is 6.07 Å². The van der Waals surface area contributed by atoms with Crippen LogP contribution in [-0.2, 0) is 4.74 Å². The molecule has 0 bridgehead atoms. The van der Waals surface area contributed by atoms with E-state index in [1.807, 2.05) is 0 Å². The van der Waals surface area contributed by atoms with Gasteiger partial charge in [-0.05, 0) is 6.92 Å². The van der Waals surface area contributed by atoms with Crippen LogP contribution in [0.3, 0.4) is 0 Å². The average Bonchev–Trinajstić information content (AvgIpc) is 2.63. The number of nitrogens with one attached hydrogen (secondary N) is 1. The molecule has 0 aliphatic rings. The number of halogens is 3. The molecule has 18 heavy (non-hydrogen) atoms. The highest BCUT2D eigenvalue weighted by Gasteiger charge is 2.24. The van der Waals surface area contributed by atoms with Crippen molar-refractivity contribution in [2.24, 2.45) is 0 Å². The van der Waals surface area contributed by atoms with E-state index in [9.17, 15) is 18.0 Å². The maximum absolute atomic E-state index is 13.6. The molecule has 0 saturated heterocycles. The molecule has 2 aromatic rings. The van der Waals surface area contributed by atoms with Gasteiger partial charge in [0.05, 0.1) is 17.5 Å². The van der Waals surface area contributed by atoms with Crippen molar-refractivity contribution >= 4 is 22.7 Å². The summed E-state index contributed by atoms with van der Waals surface area (Å²) in [4.78, 5) is 14.0. The van der Waals surface area contributed by atoms with Gasteiger partial charge in [-0.25, -0.2) is 18.0 Å². The van der Waals surface area contributed by atoms with Gasteiger partial charge in [0.25, 0.3) is 0 Å². The monoisotopic (exact) mass is 258 g/mol. The summed E-state index contributed by atoms with van der Waals surface area (Å²) in [5.74, 6) is -5.59. The number of benzene rings is 1. The molecule has 0 amide bonds. The second-order valence-electron chi connectivity index (χ2n) is 3.54. The number of anilines is 1.